The summed E-state index contributed by atoms with van der Waals surface area (Å²) in [7, 11) is 0. The molecule has 57 heavy (non-hydrogen) atoms. The smallest absolute Gasteiger partial charge is 0.0549 e. The first-order valence-corrected chi connectivity index (χ1v) is 19.6. The molecule has 0 N–H and O–H groups in total. The Morgan fingerprint density at radius 1 is 0.246 bits per heavy atom. The van der Waals surface area contributed by atoms with Crippen LogP contribution in [0, 0.1) is 0 Å². The molecule has 0 unspecified atom stereocenters. The summed E-state index contributed by atoms with van der Waals surface area (Å²) in [4.78, 5) is 0. The highest BCUT2D eigenvalue weighted by molar-refractivity contribution is 6.29. The van der Waals surface area contributed by atoms with Gasteiger partial charge in [-0.05, 0) is 77.9 Å². The maximum atomic E-state index is 2.48. The first kappa shape index (κ1) is 31.7. The van der Waals surface area contributed by atoms with Crippen LogP contribution in [0.5, 0.6) is 0 Å². The van der Waals surface area contributed by atoms with E-state index in [0.717, 1.165) is 11.4 Å². The molecule has 12 rings (SSSR count). The van der Waals surface area contributed by atoms with Crippen molar-refractivity contribution in [1.29, 1.82) is 0 Å². The Morgan fingerprint density at radius 3 is 1.32 bits per heavy atom. The monoisotopic (exact) mass is 725 g/mol. The van der Waals surface area contributed by atoms with E-state index in [1.54, 1.807) is 0 Å². The molecule has 3 heteroatoms. The van der Waals surface area contributed by atoms with Gasteiger partial charge in [0, 0.05) is 49.1 Å². The van der Waals surface area contributed by atoms with Gasteiger partial charge in [-0.1, -0.05) is 146 Å². The van der Waals surface area contributed by atoms with Gasteiger partial charge in [0.1, 0.15) is 0 Å². The van der Waals surface area contributed by atoms with Crippen molar-refractivity contribution >= 4 is 65.4 Å². The van der Waals surface area contributed by atoms with Crippen molar-refractivity contribution in [1.82, 2.24) is 13.7 Å². The van der Waals surface area contributed by atoms with Crippen LogP contribution in [-0.2, 0) is 0 Å². The molecule has 9 aromatic carbocycles. The molecule has 0 saturated carbocycles. The van der Waals surface area contributed by atoms with Crippen LogP contribution >= 0.6 is 0 Å². The zero-order chi connectivity index (χ0) is 37.5. The number of rotatable bonds is 5. The molecule has 3 heterocycles. The van der Waals surface area contributed by atoms with E-state index in [-0.39, 0.29) is 0 Å². The number of benzene rings is 9. The average molecular weight is 726 g/mol. The van der Waals surface area contributed by atoms with E-state index in [0.29, 0.717) is 0 Å². The minimum absolute atomic E-state index is 1.16. The van der Waals surface area contributed by atoms with E-state index >= 15 is 0 Å². The minimum Gasteiger partial charge on any atom is -0.309 e. The summed E-state index contributed by atoms with van der Waals surface area (Å²) in [5, 5.41) is 7.54. The normalized spacial score (nSPS) is 11.9. The molecule has 0 radical (unpaired) electrons. The maximum absolute atomic E-state index is 2.48. The molecule has 0 spiro atoms. The molecule has 12 aromatic rings. The van der Waals surface area contributed by atoms with Crippen LogP contribution in [0.3, 0.4) is 0 Å². The lowest BCUT2D eigenvalue weighted by atomic mass is 10.0. The highest BCUT2D eigenvalue weighted by atomic mass is 15.0. The number of aromatic nitrogens is 3. The summed E-state index contributed by atoms with van der Waals surface area (Å²) in [6, 6.07) is 77.3. The number of nitrogens with zero attached hydrogens (tertiary/aromatic N) is 3. The van der Waals surface area contributed by atoms with Crippen molar-refractivity contribution in [3.8, 4) is 39.3 Å². The van der Waals surface area contributed by atoms with Crippen molar-refractivity contribution < 1.29 is 0 Å². The van der Waals surface area contributed by atoms with Gasteiger partial charge in [0.25, 0.3) is 0 Å². The largest absolute Gasteiger partial charge is 0.309 e. The van der Waals surface area contributed by atoms with Crippen molar-refractivity contribution in [2.75, 3.05) is 0 Å². The van der Waals surface area contributed by atoms with Crippen molar-refractivity contribution in [2.24, 2.45) is 0 Å². The maximum Gasteiger partial charge on any atom is 0.0549 e. The second-order valence-corrected chi connectivity index (χ2v) is 14.9. The van der Waals surface area contributed by atoms with Crippen LogP contribution < -0.4 is 0 Å². The van der Waals surface area contributed by atoms with Gasteiger partial charge in [-0.15, -0.1) is 0 Å². The van der Waals surface area contributed by atoms with E-state index in [4.69, 9.17) is 0 Å². The average Bonchev–Trinajstić information content (AvgIpc) is 3.92. The van der Waals surface area contributed by atoms with Crippen LogP contribution in [0.25, 0.3) is 105 Å². The highest BCUT2D eigenvalue weighted by Crippen LogP contribution is 2.44. The van der Waals surface area contributed by atoms with E-state index in [1.807, 2.05) is 0 Å². The summed E-state index contributed by atoms with van der Waals surface area (Å²) in [6.07, 6.45) is 0. The zero-order valence-electron chi connectivity index (χ0n) is 31.0. The Bertz CT molecular complexity index is 3510. The lowest BCUT2D eigenvalue weighted by molar-refractivity contribution is 1.17. The molecule has 266 valence electrons. The summed E-state index contributed by atoms with van der Waals surface area (Å²) in [6.45, 7) is 0. The highest BCUT2D eigenvalue weighted by Gasteiger charge is 2.22. The van der Waals surface area contributed by atoms with E-state index in [1.165, 1.54) is 93.4 Å². The third-order valence-corrected chi connectivity index (χ3v) is 11.8. The first-order chi connectivity index (χ1) is 28.3. The molecule has 3 nitrogen and oxygen atoms in total. The Balaban J connectivity index is 1.11. The number of para-hydroxylation sites is 6. The number of hydrogen-bond acceptors (Lipinski definition) is 0. The molecule has 3 aromatic heterocycles. The molecule has 0 atom stereocenters. The second kappa shape index (κ2) is 12.5. The molecular formula is C54H35N3. The van der Waals surface area contributed by atoms with Gasteiger partial charge in [0.15, 0.2) is 0 Å². The lowest BCUT2D eigenvalue weighted by Crippen LogP contribution is -1.98. The van der Waals surface area contributed by atoms with Crippen molar-refractivity contribution in [3.63, 3.8) is 0 Å². The van der Waals surface area contributed by atoms with E-state index in [2.05, 4.69) is 226 Å². The van der Waals surface area contributed by atoms with Gasteiger partial charge >= 0.3 is 0 Å². The summed E-state index contributed by atoms with van der Waals surface area (Å²) in [5.74, 6) is 0. The van der Waals surface area contributed by atoms with Crippen molar-refractivity contribution in [2.45, 2.75) is 0 Å². The van der Waals surface area contributed by atoms with Crippen molar-refractivity contribution in [3.05, 3.63) is 212 Å². The standard InChI is InChI=1S/C54H35N3/c1-3-17-36(18-4-1)39-21-7-12-26-45(39)56-47-28-14-9-23-41(47)44-35-37(31-32-50(44)56)40-22-8-13-27-46(40)57-49-30-16-11-25-43(49)54-52(57)34-33-51-53(54)42-24-10-15-29-48(42)55(51)38-19-5-2-6-20-38/h1-35H. The third kappa shape index (κ3) is 4.66. The Labute approximate surface area is 329 Å². The molecular weight excluding hydrogens is 691 g/mol. The topological polar surface area (TPSA) is 14.8 Å². The third-order valence-electron chi connectivity index (χ3n) is 11.8. The first-order valence-electron chi connectivity index (χ1n) is 19.6. The van der Waals surface area contributed by atoms with E-state index < -0.39 is 0 Å². The van der Waals surface area contributed by atoms with E-state index in [9.17, 15) is 0 Å². The zero-order valence-corrected chi connectivity index (χ0v) is 31.0. The predicted molar refractivity (Wildman–Crippen MR) is 240 cm³/mol. The summed E-state index contributed by atoms with van der Waals surface area (Å²) < 4.78 is 7.33. The van der Waals surface area contributed by atoms with Gasteiger partial charge < -0.3 is 13.7 Å². The molecule has 0 fully saturated rings. The molecule has 0 aliphatic rings. The summed E-state index contributed by atoms with van der Waals surface area (Å²) >= 11 is 0. The fourth-order valence-corrected chi connectivity index (χ4v) is 9.48. The lowest BCUT2D eigenvalue weighted by Gasteiger charge is -2.15. The van der Waals surface area contributed by atoms with Gasteiger partial charge in [-0.2, -0.15) is 0 Å². The Kier molecular flexibility index (Phi) is 6.93. The van der Waals surface area contributed by atoms with Gasteiger partial charge in [0.2, 0.25) is 0 Å². The molecule has 0 aliphatic heterocycles. The quantitative estimate of drug-likeness (QED) is 0.168. The van der Waals surface area contributed by atoms with Crippen LogP contribution in [0.4, 0.5) is 0 Å². The number of hydrogen-bond donors (Lipinski definition) is 0. The molecule has 0 amide bonds. The predicted octanol–water partition coefficient (Wildman–Crippen LogP) is 14.3. The van der Waals surface area contributed by atoms with Crippen LogP contribution in [0.15, 0.2) is 212 Å². The molecule has 0 aliphatic carbocycles. The second-order valence-electron chi connectivity index (χ2n) is 14.9. The Hall–Kier alpha value is -7.62. The molecule has 0 bridgehead atoms. The van der Waals surface area contributed by atoms with Crippen LogP contribution in [0.2, 0.25) is 0 Å². The Morgan fingerprint density at radius 2 is 0.667 bits per heavy atom. The van der Waals surface area contributed by atoms with Crippen LogP contribution in [-0.4, -0.2) is 13.7 Å². The SMILES string of the molecule is c1ccc(-c2ccccc2-n2c3ccccc3c3cc(-c4ccccc4-n4c5ccccc5c5c6c7ccccc7n(-c7ccccc7)c6ccc54)ccc32)cc1. The van der Waals surface area contributed by atoms with Crippen LogP contribution in [0.1, 0.15) is 0 Å². The summed E-state index contributed by atoms with van der Waals surface area (Å²) in [5.41, 5.74) is 15.5. The molecule has 0 saturated heterocycles. The fraction of sp³-hybridized carbons (Fsp3) is 0. The van der Waals surface area contributed by atoms with Gasteiger partial charge in [-0.25, -0.2) is 0 Å². The van der Waals surface area contributed by atoms with Gasteiger partial charge in [-0.3, -0.25) is 0 Å². The van der Waals surface area contributed by atoms with Gasteiger partial charge in [0.05, 0.1) is 44.5 Å². The fourth-order valence-electron chi connectivity index (χ4n) is 9.48. The minimum atomic E-state index is 1.16. The number of fused-ring (bicyclic) bond motifs is 10.